The first-order valence-corrected chi connectivity index (χ1v) is 9.12. The number of anilines is 2. The molecule has 138 valence electrons. The van der Waals surface area contributed by atoms with Gasteiger partial charge >= 0.3 is 0 Å². The quantitative estimate of drug-likeness (QED) is 0.779. The molecule has 0 fully saturated rings. The highest BCUT2D eigenvalue weighted by atomic mass is 16.2. The van der Waals surface area contributed by atoms with Gasteiger partial charge in [-0.25, -0.2) is 0 Å². The Morgan fingerprint density at radius 3 is 2.23 bits per heavy atom. The van der Waals surface area contributed by atoms with Crippen molar-refractivity contribution in [2.24, 2.45) is 0 Å². The topological polar surface area (TPSA) is 40.6 Å². The third-order valence-corrected chi connectivity index (χ3v) is 4.58. The first kappa shape index (κ1) is 19.7. The number of para-hydroxylation sites is 1. The minimum Gasteiger partial charge on any atom is -0.311 e. The number of likely N-dealkylation sites (N-methyl/N-ethyl adjacent to an activating group) is 1. The summed E-state index contributed by atoms with van der Waals surface area (Å²) in [6.07, 6.45) is 0.810. The van der Waals surface area contributed by atoms with E-state index in [0.717, 1.165) is 34.5 Å². The summed E-state index contributed by atoms with van der Waals surface area (Å²) in [4.78, 5) is 28.7. The van der Waals surface area contributed by atoms with Gasteiger partial charge in [0.05, 0.1) is 5.69 Å². The largest absolute Gasteiger partial charge is 0.311 e. The summed E-state index contributed by atoms with van der Waals surface area (Å²) < 4.78 is 0. The highest BCUT2D eigenvalue weighted by Gasteiger charge is 2.23. The van der Waals surface area contributed by atoms with E-state index in [1.165, 1.54) is 6.92 Å². The van der Waals surface area contributed by atoms with Gasteiger partial charge in [-0.1, -0.05) is 37.3 Å². The average Bonchev–Trinajstić information content (AvgIpc) is 2.60. The molecule has 0 saturated carbocycles. The summed E-state index contributed by atoms with van der Waals surface area (Å²) >= 11 is 0. The standard InChI is InChI=1S/C22H28N2O2/c1-6-19-12-9-11-17(4)22(19)24(18(5)25)15-21(26)23(7-2)20-13-8-10-16(3)14-20/h8-14H,6-7,15H2,1-5H3. The molecule has 26 heavy (non-hydrogen) atoms. The second-order valence-electron chi connectivity index (χ2n) is 6.52. The molecule has 0 radical (unpaired) electrons. The second-order valence-corrected chi connectivity index (χ2v) is 6.52. The number of benzene rings is 2. The van der Waals surface area contributed by atoms with Crippen LogP contribution < -0.4 is 9.80 Å². The van der Waals surface area contributed by atoms with Crippen molar-refractivity contribution in [3.05, 3.63) is 59.2 Å². The molecule has 0 unspecified atom stereocenters. The Morgan fingerprint density at radius 2 is 1.65 bits per heavy atom. The zero-order valence-electron chi connectivity index (χ0n) is 16.4. The molecule has 0 aromatic heterocycles. The van der Waals surface area contributed by atoms with Gasteiger partial charge in [-0.15, -0.1) is 0 Å². The molecule has 0 aliphatic carbocycles. The zero-order chi connectivity index (χ0) is 19.3. The summed E-state index contributed by atoms with van der Waals surface area (Å²) in [6, 6.07) is 13.9. The van der Waals surface area contributed by atoms with Crippen LogP contribution in [-0.2, 0) is 16.0 Å². The van der Waals surface area contributed by atoms with Crippen LogP contribution in [0.2, 0.25) is 0 Å². The van der Waals surface area contributed by atoms with E-state index in [1.54, 1.807) is 9.80 Å². The third-order valence-electron chi connectivity index (χ3n) is 4.58. The zero-order valence-corrected chi connectivity index (χ0v) is 16.4. The lowest BCUT2D eigenvalue weighted by Gasteiger charge is -2.29. The number of aryl methyl sites for hydroxylation is 3. The Labute approximate surface area is 156 Å². The van der Waals surface area contributed by atoms with Crippen LogP contribution in [0.5, 0.6) is 0 Å². The Hall–Kier alpha value is -2.62. The first-order chi connectivity index (χ1) is 12.4. The lowest BCUT2D eigenvalue weighted by molar-refractivity contribution is -0.121. The van der Waals surface area contributed by atoms with Crippen molar-refractivity contribution in [3.63, 3.8) is 0 Å². The van der Waals surface area contributed by atoms with Crippen molar-refractivity contribution in [1.82, 2.24) is 0 Å². The maximum Gasteiger partial charge on any atom is 0.247 e. The predicted molar refractivity (Wildman–Crippen MR) is 108 cm³/mol. The van der Waals surface area contributed by atoms with Crippen molar-refractivity contribution >= 4 is 23.2 Å². The molecule has 0 N–H and O–H groups in total. The summed E-state index contributed by atoms with van der Waals surface area (Å²) in [5.74, 6) is -0.207. The number of amides is 2. The van der Waals surface area contributed by atoms with Crippen molar-refractivity contribution < 1.29 is 9.59 Å². The van der Waals surface area contributed by atoms with Crippen LogP contribution in [-0.4, -0.2) is 24.9 Å². The van der Waals surface area contributed by atoms with Gasteiger partial charge in [-0.05, 0) is 56.0 Å². The molecule has 2 aromatic carbocycles. The first-order valence-electron chi connectivity index (χ1n) is 9.12. The van der Waals surface area contributed by atoms with E-state index in [0.29, 0.717) is 6.54 Å². The normalized spacial score (nSPS) is 10.5. The van der Waals surface area contributed by atoms with Crippen molar-refractivity contribution in [1.29, 1.82) is 0 Å². The highest BCUT2D eigenvalue weighted by molar-refractivity contribution is 6.03. The van der Waals surface area contributed by atoms with Crippen LogP contribution in [0.25, 0.3) is 0 Å². The molecular weight excluding hydrogens is 324 g/mol. The molecule has 0 bridgehead atoms. The average molecular weight is 352 g/mol. The van der Waals surface area contributed by atoms with E-state index in [-0.39, 0.29) is 18.4 Å². The smallest absolute Gasteiger partial charge is 0.247 e. The molecule has 0 saturated heterocycles. The molecule has 2 rings (SSSR count). The third kappa shape index (κ3) is 4.31. The van der Waals surface area contributed by atoms with Gasteiger partial charge in [-0.2, -0.15) is 0 Å². The maximum absolute atomic E-state index is 13.0. The summed E-state index contributed by atoms with van der Waals surface area (Å²) in [7, 11) is 0. The highest BCUT2D eigenvalue weighted by Crippen LogP contribution is 2.26. The number of nitrogens with zero attached hydrogens (tertiary/aromatic N) is 2. The molecule has 0 spiro atoms. The Bertz CT molecular complexity index is 798. The van der Waals surface area contributed by atoms with E-state index >= 15 is 0 Å². The number of hydrogen-bond acceptors (Lipinski definition) is 2. The van der Waals surface area contributed by atoms with Crippen LogP contribution in [0.15, 0.2) is 42.5 Å². The minimum absolute atomic E-state index is 0.0367. The maximum atomic E-state index is 13.0. The van der Waals surface area contributed by atoms with Gasteiger partial charge < -0.3 is 9.80 Å². The summed E-state index contributed by atoms with van der Waals surface area (Å²) in [6.45, 7) is 10.1. The molecule has 2 aromatic rings. The van der Waals surface area contributed by atoms with Crippen molar-refractivity contribution in [2.45, 2.75) is 41.0 Å². The van der Waals surface area contributed by atoms with Crippen LogP contribution in [0.3, 0.4) is 0 Å². The van der Waals surface area contributed by atoms with Crippen LogP contribution in [0.1, 0.15) is 37.5 Å². The number of hydrogen-bond donors (Lipinski definition) is 0. The Kier molecular flexibility index (Phi) is 6.56. The molecular formula is C22H28N2O2. The fraction of sp³-hybridized carbons (Fsp3) is 0.364. The fourth-order valence-corrected chi connectivity index (χ4v) is 3.26. The molecule has 0 heterocycles. The van der Waals surface area contributed by atoms with Crippen LogP contribution in [0.4, 0.5) is 11.4 Å². The lowest BCUT2D eigenvalue weighted by Crippen LogP contribution is -2.43. The number of carbonyl (C=O) groups excluding carboxylic acids is 2. The van der Waals surface area contributed by atoms with Gasteiger partial charge in [0.15, 0.2) is 0 Å². The van der Waals surface area contributed by atoms with E-state index in [9.17, 15) is 9.59 Å². The molecule has 4 heteroatoms. The van der Waals surface area contributed by atoms with E-state index < -0.39 is 0 Å². The predicted octanol–water partition coefficient (Wildman–Crippen LogP) is 4.27. The van der Waals surface area contributed by atoms with Crippen molar-refractivity contribution in [2.75, 3.05) is 22.9 Å². The van der Waals surface area contributed by atoms with E-state index in [2.05, 4.69) is 6.92 Å². The molecule has 2 amide bonds. The Balaban J connectivity index is 2.35. The minimum atomic E-state index is -0.123. The van der Waals surface area contributed by atoms with Gasteiger partial charge in [0.25, 0.3) is 0 Å². The van der Waals surface area contributed by atoms with Gasteiger partial charge in [0.2, 0.25) is 11.8 Å². The van der Waals surface area contributed by atoms with E-state index in [1.807, 2.05) is 63.2 Å². The van der Waals surface area contributed by atoms with Crippen molar-refractivity contribution in [3.8, 4) is 0 Å². The monoisotopic (exact) mass is 352 g/mol. The van der Waals surface area contributed by atoms with Crippen LogP contribution in [0, 0.1) is 13.8 Å². The van der Waals surface area contributed by atoms with Crippen LogP contribution >= 0.6 is 0 Å². The SMILES string of the molecule is CCc1cccc(C)c1N(CC(=O)N(CC)c1cccc(C)c1)C(C)=O. The summed E-state index contributed by atoms with van der Waals surface area (Å²) in [5, 5.41) is 0. The van der Waals surface area contributed by atoms with Gasteiger partial charge in [-0.3, -0.25) is 9.59 Å². The molecule has 0 atom stereocenters. The molecule has 0 aliphatic rings. The van der Waals surface area contributed by atoms with Gasteiger partial charge in [0.1, 0.15) is 6.54 Å². The number of carbonyl (C=O) groups is 2. The fourth-order valence-electron chi connectivity index (χ4n) is 3.26. The molecule has 0 aliphatic heterocycles. The van der Waals surface area contributed by atoms with Gasteiger partial charge in [0, 0.05) is 19.2 Å². The Morgan fingerprint density at radius 1 is 0.962 bits per heavy atom. The molecule has 4 nitrogen and oxygen atoms in total. The lowest BCUT2D eigenvalue weighted by atomic mass is 10.0. The second kappa shape index (κ2) is 8.65. The number of rotatable bonds is 6. The van der Waals surface area contributed by atoms with E-state index in [4.69, 9.17) is 0 Å². The summed E-state index contributed by atoms with van der Waals surface area (Å²) in [5.41, 5.74) is 4.90.